The minimum Gasteiger partial charge on any atom is -0.348 e. The molecule has 25 heavy (non-hydrogen) atoms. The van der Waals surface area contributed by atoms with Gasteiger partial charge >= 0.3 is 0 Å². The number of aryl methyl sites for hydroxylation is 1. The number of fused-ring (bicyclic) bond motifs is 1. The molecule has 1 aliphatic heterocycles. The van der Waals surface area contributed by atoms with Gasteiger partial charge in [0.05, 0.1) is 0 Å². The van der Waals surface area contributed by atoms with Crippen molar-refractivity contribution in [2.75, 3.05) is 31.1 Å². The van der Waals surface area contributed by atoms with E-state index in [1.807, 2.05) is 21.9 Å². The zero-order valence-corrected chi connectivity index (χ0v) is 15.1. The highest BCUT2D eigenvalue weighted by atomic mass is 16.2. The largest absolute Gasteiger partial charge is 0.348 e. The van der Waals surface area contributed by atoms with E-state index in [0.717, 1.165) is 6.42 Å². The zero-order valence-electron chi connectivity index (χ0n) is 15.1. The number of carbonyl (C=O) groups excluding carboxylic acids is 1. The summed E-state index contributed by atoms with van der Waals surface area (Å²) in [5.41, 5.74) is 1.14. The molecule has 1 saturated heterocycles. The second-order valence-corrected chi connectivity index (χ2v) is 6.95. The molecule has 7 nitrogen and oxygen atoms in total. The van der Waals surface area contributed by atoms with Crippen molar-refractivity contribution in [2.24, 2.45) is 13.0 Å². The number of hydrogen-bond donors (Lipinski definition) is 0. The van der Waals surface area contributed by atoms with Crippen LogP contribution in [-0.4, -0.2) is 51.5 Å². The first-order valence-corrected chi connectivity index (χ1v) is 8.82. The Morgan fingerprint density at radius 1 is 1.24 bits per heavy atom. The number of hydrogen-bond acceptors (Lipinski definition) is 5. The molecule has 1 aliphatic rings. The lowest BCUT2D eigenvalue weighted by atomic mass is 10.1. The lowest BCUT2D eigenvalue weighted by molar-refractivity contribution is -0.131. The van der Waals surface area contributed by atoms with Crippen LogP contribution in [0.15, 0.2) is 23.1 Å². The van der Waals surface area contributed by atoms with Crippen LogP contribution in [0.1, 0.15) is 26.7 Å². The van der Waals surface area contributed by atoms with Crippen molar-refractivity contribution in [3.63, 3.8) is 0 Å². The Bertz CT molecular complexity index is 822. The van der Waals surface area contributed by atoms with Gasteiger partial charge in [0, 0.05) is 45.8 Å². The summed E-state index contributed by atoms with van der Waals surface area (Å²) in [7, 11) is 1.72. The molecular weight excluding hydrogens is 318 g/mol. The van der Waals surface area contributed by atoms with Crippen molar-refractivity contribution in [3.05, 3.63) is 28.7 Å². The molecule has 0 aromatic carbocycles. The summed E-state index contributed by atoms with van der Waals surface area (Å²) in [6.07, 6.45) is 3.17. The Labute approximate surface area is 147 Å². The van der Waals surface area contributed by atoms with E-state index in [9.17, 15) is 9.59 Å². The third-order valence-corrected chi connectivity index (χ3v) is 4.67. The molecule has 0 saturated carbocycles. The number of rotatable bonds is 4. The van der Waals surface area contributed by atoms with Crippen LogP contribution in [0.3, 0.4) is 0 Å². The lowest BCUT2D eigenvalue weighted by Gasteiger charge is -2.35. The van der Waals surface area contributed by atoms with Gasteiger partial charge in [-0.25, -0.2) is 9.97 Å². The minimum atomic E-state index is -0.147. The molecule has 0 N–H and O–H groups in total. The fourth-order valence-corrected chi connectivity index (χ4v) is 3.09. The van der Waals surface area contributed by atoms with Gasteiger partial charge in [0.25, 0.3) is 5.56 Å². The first-order chi connectivity index (χ1) is 12.0. The van der Waals surface area contributed by atoms with Crippen molar-refractivity contribution in [2.45, 2.75) is 26.7 Å². The van der Waals surface area contributed by atoms with E-state index in [4.69, 9.17) is 0 Å². The second-order valence-electron chi connectivity index (χ2n) is 6.95. The first kappa shape index (κ1) is 17.4. The average molecular weight is 343 g/mol. The van der Waals surface area contributed by atoms with Crippen molar-refractivity contribution in [3.8, 4) is 0 Å². The number of anilines is 1. The Morgan fingerprint density at radius 2 is 1.96 bits per heavy atom. The second kappa shape index (κ2) is 7.21. The third-order valence-electron chi connectivity index (χ3n) is 4.67. The molecule has 0 atom stereocenters. The molecule has 0 bridgehead atoms. The molecule has 0 radical (unpaired) electrons. The van der Waals surface area contributed by atoms with Crippen LogP contribution < -0.4 is 10.5 Å². The fraction of sp³-hybridized carbons (Fsp3) is 0.556. The van der Waals surface area contributed by atoms with Crippen LogP contribution in [0.2, 0.25) is 0 Å². The maximum Gasteiger partial charge on any atom is 0.294 e. The van der Waals surface area contributed by atoms with Crippen LogP contribution >= 0.6 is 0 Å². The van der Waals surface area contributed by atoms with Gasteiger partial charge in [-0.15, -0.1) is 0 Å². The number of carbonyl (C=O) groups is 1. The maximum atomic E-state index is 12.6. The van der Waals surface area contributed by atoms with E-state index < -0.39 is 0 Å². The smallest absolute Gasteiger partial charge is 0.294 e. The van der Waals surface area contributed by atoms with E-state index in [0.29, 0.717) is 55.5 Å². The Morgan fingerprint density at radius 3 is 2.64 bits per heavy atom. The number of pyridine rings is 1. The topological polar surface area (TPSA) is 71.3 Å². The van der Waals surface area contributed by atoms with Gasteiger partial charge in [-0.05, 0) is 24.5 Å². The molecule has 0 aliphatic carbocycles. The summed E-state index contributed by atoms with van der Waals surface area (Å²) < 4.78 is 1.54. The number of aromatic nitrogens is 3. The molecule has 3 rings (SSSR count). The van der Waals surface area contributed by atoms with E-state index in [1.165, 1.54) is 4.57 Å². The molecule has 1 amide bonds. The van der Waals surface area contributed by atoms with Crippen molar-refractivity contribution in [1.29, 1.82) is 0 Å². The summed E-state index contributed by atoms with van der Waals surface area (Å²) in [6.45, 7) is 6.77. The number of nitrogens with zero attached hydrogens (tertiary/aromatic N) is 5. The lowest BCUT2D eigenvalue weighted by Crippen LogP contribution is -2.50. The predicted octanol–water partition coefficient (Wildman–Crippen LogP) is 1.41. The maximum absolute atomic E-state index is 12.6. The van der Waals surface area contributed by atoms with Crippen LogP contribution in [0, 0.1) is 5.92 Å². The number of piperazine rings is 1. The van der Waals surface area contributed by atoms with Gasteiger partial charge in [0.15, 0.2) is 11.5 Å². The highest BCUT2D eigenvalue weighted by molar-refractivity contribution is 5.76. The highest BCUT2D eigenvalue weighted by Crippen LogP contribution is 2.15. The van der Waals surface area contributed by atoms with Gasteiger partial charge in [-0.3, -0.25) is 14.2 Å². The van der Waals surface area contributed by atoms with Crippen molar-refractivity contribution >= 4 is 22.9 Å². The van der Waals surface area contributed by atoms with E-state index in [2.05, 4.69) is 23.8 Å². The standard InChI is InChI=1S/C18H25N5O2/c1-13(2)6-7-15(24)22-9-11-23(12-10-22)17-18(25)21(3)16-14(20-17)5-4-8-19-16/h4-5,8,13H,6-7,9-12H2,1-3H3. The quantitative estimate of drug-likeness (QED) is 0.839. The molecule has 7 heteroatoms. The van der Waals surface area contributed by atoms with Gasteiger partial charge in [0.1, 0.15) is 5.52 Å². The summed E-state index contributed by atoms with van der Waals surface area (Å²) in [6, 6.07) is 3.67. The highest BCUT2D eigenvalue weighted by Gasteiger charge is 2.24. The molecule has 0 unspecified atom stereocenters. The molecule has 3 heterocycles. The van der Waals surface area contributed by atoms with E-state index >= 15 is 0 Å². The SMILES string of the molecule is CC(C)CCC(=O)N1CCN(c2nc3cccnc3n(C)c2=O)CC1. The summed E-state index contributed by atoms with van der Waals surface area (Å²) in [5, 5.41) is 0. The fourth-order valence-electron chi connectivity index (χ4n) is 3.09. The molecular formula is C18H25N5O2. The molecule has 1 fully saturated rings. The van der Waals surface area contributed by atoms with Crippen LogP contribution in [-0.2, 0) is 11.8 Å². The van der Waals surface area contributed by atoms with Crippen LogP contribution in [0.5, 0.6) is 0 Å². The van der Waals surface area contributed by atoms with Gasteiger partial charge in [0.2, 0.25) is 5.91 Å². The normalized spacial score (nSPS) is 15.2. The van der Waals surface area contributed by atoms with E-state index in [1.54, 1.807) is 13.2 Å². The van der Waals surface area contributed by atoms with Gasteiger partial charge in [-0.2, -0.15) is 0 Å². The summed E-state index contributed by atoms with van der Waals surface area (Å²) in [4.78, 5) is 37.5. The number of amides is 1. The van der Waals surface area contributed by atoms with Crippen LogP contribution in [0.25, 0.3) is 11.2 Å². The van der Waals surface area contributed by atoms with Crippen molar-refractivity contribution < 1.29 is 4.79 Å². The molecule has 0 spiro atoms. The summed E-state index contributed by atoms with van der Waals surface area (Å²) in [5.74, 6) is 1.18. The zero-order chi connectivity index (χ0) is 18.0. The predicted molar refractivity (Wildman–Crippen MR) is 97.6 cm³/mol. The Hall–Kier alpha value is -2.44. The first-order valence-electron chi connectivity index (χ1n) is 8.82. The molecule has 134 valence electrons. The third kappa shape index (κ3) is 3.65. The van der Waals surface area contributed by atoms with Gasteiger partial charge < -0.3 is 9.80 Å². The Balaban J connectivity index is 1.73. The van der Waals surface area contributed by atoms with E-state index in [-0.39, 0.29) is 11.5 Å². The van der Waals surface area contributed by atoms with Crippen molar-refractivity contribution in [1.82, 2.24) is 19.4 Å². The summed E-state index contributed by atoms with van der Waals surface area (Å²) >= 11 is 0. The minimum absolute atomic E-state index is 0.147. The average Bonchev–Trinajstić information content (AvgIpc) is 2.63. The Kier molecular flexibility index (Phi) is 5.01. The molecule has 2 aromatic rings. The van der Waals surface area contributed by atoms with Crippen LogP contribution in [0.4, 0.5) is 5.82 Å². The monoisotopic (exact) mass is 343 g/mol. The molecule has 2 aromatic heterocycles. The van der Waals surface area contributed by atoms with Gasteiger partial charge in [-0.1, -0.05) is 13.8 Å².